The molecule has 0 aliphatic heterocycles. The van der Waals surface area contributed by atoms with Crippen molar-refractivity contribution in [3.8, 4) is 0 Å². The van der Waals surface area contributed by atoms with E-state index in [-0.39, 0.29) is 0 Å². The highest BCUT2D eigenvalue weighted by molar-refractivity contribution is 4.77. The number of hydrogen-bond donors (Lipinski definition) is 0. The molecule has 0 aromatic carbocycles. The largest absolute Gasteiger partial charge is 0.133 e. The molecule has 0 aromatic heterocycles. The lowest BCUT2D eigenvalue weighted by Crippen LogP contribution is -2.01. The van der Waals surface area contributed by atoms with Crippen LogP contribution >= 0.6 is 0 Å². The van der Waals surface area contributed by atoms with Crippen molar-refractivity contribution in [3.63, 3.8) is 0 Å². The van der Waals surface area contributed by atoms with Gasteiger partial charge in [-0.05, 0) is 24.8 Å². The van der Waals surface area contributed by atoms with Crippen molar-refractivity contribution in [1.29, 1.82) is 0 Å². The molecule has 0 heterocycles. The Hall–Kier alpha value is -0.480. The van der Waals surface area contributed by atoms with E-state index in [1.807, 2.05) is 0 Å². The van der Waals surface area contributed by atoms with Crippen LogP contribution in [0.25, 0.3) is 0 Å². The average Bonchev–Trinajstić information content (AvgIpc) is 2.59. The Morgan fingerprint density at radius 3 is 1.46 bits per heavy atom. The van der Waals surface area contributed by atoms with E-state index in [1.54, 1.807) is 0 Å². The van der Waals surface area contributed by atoms with Gasteiger partial charge in [-0.3, -0.25) is 0 Å². The first-order chi connectivity index (χ1) is 11.8. The molecule has 0 rings (SSSR count). The van der Waals surface area contributed by atoms with Gasteiger partial charge in [-0.25, -0.2) is 0 Å². The molecule has 0 heteroatoms. The zero-order valence-electron chi connectivity index (χ0n) is 17.1. The molecule has 0 nitrogen and oxygen atoms in total. The summed E-state index contributed by atoms with van der Waals surface area (Å²) in [6.07, 6.45) is 27.7. The fraction of sp³-hybridized carbons (Fsp3) is 0.875. The van der Waals surface area contributed by atoms with E-state index >= 15 is 0 Å². The fourth-order valence-corrected chi connectivity index (χ4v) is 3.63. The first-order valence-corrected chi connectivity index (χ1v) is 11.2. The fourth-order valence-electron chi connectivity index (χ4n) is 3.63. The van der Waals surface area contributed by atoms with E-state index < -0.39 is 0 Å². The summed E-state index contributed by atoms with van der Waals surface area (Å²) in [4.78, 5) is 0. The van der Waals surface area contributed by atoms with E-state index in [0.29, 0.717) is 0 Å². The van der Waals surface area contributed by atoms with E-state index in [2.05, 4.69) is 32.2 Å². The normalized spacial score (nSPS) is 11.0. The van der Waals surface area contributed by atoms with Crippen LogP contribution < -0.4 is 0 Å². The molecule has 0 aliphatic rings. The Morgan fingerprint density at radius 1 is 0.625 bits per heavy atom. The Balaban J connectivity index is 3.70. The first-order valence-electron chi connectivity index (χ1n) is 11.2. The van der Waals surface area contributed by atoms with Crippen LogP contribution in [0.1, 0.15) is 129 Å². The van der Waals surface area contributed by atoms with Crippen LogP contribution in [0.5, 0.6) is 0 Å². The van der Waals surface area contributed by atoms with Gasteiger partial charge in [0.05, 0.1) is 0 Å². The second-order valence-corrected chi connectivity index (χ2v) is 7.67. The van der Waals surface area contributed by atoms with E-state index in [0.717, 1.165) is 5.92 Å². The highest BCUT2D eigenvalue weighted by Gasteiger charge is 2.07. The molecule has 0 amide bonds. The van der Waals surface area contributed by atoms with Crippen molar-refractivity contribution >= 4 is 0 Å². The molecule has 0 aromatic rings. The van der Waals surface area contributed by atoms with E-state index in [9.17, 15) is 0 Å². The highest BCUT2D eigenvalue weighted by atomic mass is 14.1. The van der Waals surface area contributed by atoms with Gasteiger partial charge < -0.3 is 0 Å². The Labute approximate surface area is 154 Å². The lowest BCUT2D eigenvalue weighted by atomic mass is 9.90. The van der Waals surface area contributed by atoms with Gasteiger partial charge in [0.25, 0.3) is 0 Å². The van der Waals surface area contributed by atoms with Gasteiger partial charge >= 0.3 is 0 Å². The predicted molar refractivity (Wildman–Crippen MR) is 112 cm³/mol. The maximum Gasteiger partial charge on any atom is -0.0272 e. The molecule has 142 valence electrons. The first kappa shape index (κ1) is 23.5. The zero-order valence-corrected chi connectivity index (χ0v) is 17.1. The molecular formula is C24H46. The Morgan fingerprint density at radius 2 is 1.04 bits per heavy atom. The lowest BCUT2D eigenvalue weighted by Gasteiger charge is -2.16. The minimum atomic E-state index is 0.945. The second kappa shape index (κ2) is 20.6. The number of allylic oxidation sites excluding steroid dienone is 1. The van der Waals surface area contributed by atoms with Crippen LogP contribution in [0, 0.1) is 5.92 Å². The van der Waals surface area contributed by atoms with Gasteiger partial charge in [0, 0.05) is 0 Å². The van der Waals surface area contributed by atoms with E-state index in [4.69, 9.17) is 0 Å². The average molecular weight is 335 g/mol. The van der Waals surface area contributed by atoms with Gasteiger partial charge in [0.15, 0.2) is 0 Å². The topological polar surface area (TPSA) is 0 Å². The third-order valence-corrected chi connectivity index (χ3v) is 5.30. The Bertz CT molecular complexity index is 254. The summed E-state index contributed by atoms with van der Waals surface area (Å²) in [5.74, 6) is 0.945. The summed E-state index contributed by atoms with van der Waals surface area (Å²) < 4.78 is 0. The van der Waals surface area contributed by atoms with Gasteiger partial charge in [-0.15, -0.1) is 5.73 Å². The van der Waals surface area contributed by atoms with Crippen LogP contribution in [0.3, 0.4) is 0 Å². The summed E-state index contributed by atoms with van der Waals surface area (Å²) in [6.45, 7) is 8.29. The van der Waals surface area contributed by atoms with Crippen molar-refractivity contribution in [3.05, 3.63) is 18.4 Å². The number of unbranched alkanes of at least 4 members (excludes halogenated alkanes) is 12. The molecule has 0 N–H and O–H groups in total. The van der Waals surface area contributed by atoms with Gasteiger partial charge in [0.1, 0.15) is 0 Å². The molecule has 0 radical (unpaired) electrons. The molecule has 0 fully saturated rings. The summed E-state index contributed by atoms with van der Waals surface area (Å²) in [6, 6.07) is 0. The van der Waals surface area contributed by atoms with Crippen LogP contribution in [0.2, 0.25) is 0 Å². The molecule has 0 bridgehead atoms. The lowest BCUT2D eigenvalue weighted by molar-refractivity contribution is 0.382. The van der Waals surface area contributed by atoms with Crippen molar-refractivity contribution < 1.29 is 0 Å². The molecule has 0 unspecified atom stereocenters. The standard InChI is InChI=1S/C24H46/c1-4-7-10-12-14-16-19-22-24(21-18-9-6-3)23-20-17-15-13-11-8-5-2/h9,24H,3-5,7-8,10-23H2,1-2H3. The summed E-state index contributed by atoms with van der Waals surface area (Å²) in [7, 11) is 0. The van der Waals surface area contributed by atoms with Crippen molar-refractivity contribution in [2.75, 3.05) is 0 Å². The molecular weight excluding hydrogens is 288 g/mol. The van der Waals surface area contributed by atoms with Crippen LogP contribution in [0.15, 0.2) is 18.4 Å². The zero-order chi connectivity index (χ0) is 17.7. The number of rotatable bonds is 19. The minimum Gasteiger partial charge on any atom is -0.133 e. The molecule has 0 aliphatic carbocycles. The third kappa shape index (κ3) is 17.9. The summed E-state index contributed by atoms with van der Waals surface area (Å²) >= 11 is 0. The summed E-state index contributed by atoms with van der Waals surface area (Å²) in [5, 5.41) is 0. The maximum absolute atomic E-state index is 3.70. The van der Waals surface area contributed by atoms with Crippen molar-refractivity contribution in [2.24, 2.45) is 5.92 Å². The van der Waals surface area contributed by atoms with Gasteiger partial charge in [0.2, 0.25) is 0 Å². The molecule has 0 spiro atoms. The maximum atomic E-state index is 3.70. The van der Waals surface area contributed by atoms with E-state index in [1.165, 1.54) is 116 Å². The van der Waals surface area contributed by atoms with Crippen LogP contribution in [0.4, 0.5) is 0 Å². The third-order valence-electron chi connectivity index (χ3n) is 5.30. The van der Waals surface area contributed by atoms with Crippen molar-refractivity contribution in [2.45, 2.75) is 129 Å². The monoisotopic (exact) mass is 334 g/mol. The van der Waals surface area contributed by atoms with Gasteiger partial charge in [-0.2, -0.15) is 0 Å². The number of hydrogen-bond acceptors (Lipinski definition) is 0. The van der Waals surface area contributed by atoms with Gasteiger partial charge in [-0.1, -0.05) is 123 Å². The quantitative estimate of drug-likeness (QED) is 0.163. The highest BCUT2D eigenvalue weighted by Crippen LogP contribution is 2.23. The summed E-state index contributed by atoms with van der Waals surface area (Å²) in [5.41, 5.74) is 2.94. The van der Waals surface area contributed by atoms with Crippen LogP contribution in [-0.4, -0.2) is 0 Å². The van der Waals surface area contributed by atoms with Crippen LogP contribution in [-0.2, 0) is 0 Å². The SMILES string of the molecule is C=C=CCCC(CCCCCCCCC)CCCCCCCCC. The molecule has 0 saturated heterocycles. The molecule has 0 atom stereocenters. The molecule has 0 saturated carbocycles. The second-order valence-electron chi connectivity index (χ2n) is 7.67. The predicted octanol–water partition coefficient (Wildman–Crippen LogP) is 9.01. The minimum absolute atomic E-state index is 0.945. The molecule has 24 heavy (non-hydrogen) atoms. The Kier molecular flexibility index (Phi) is 20.2. The smallest absolute Gasteiger partial charge is 0.0272 e. The van der Waals surface area contributed by atoms with Crippen molar-refractivity contribution in [1.82, 2.24) is 0 Å².